The third-order valence-corrected chi connectivity index (χ3v) is 4.28. The van der Waals surface area contributed by atoms with Gasteiger partial charge in [0.15, 0.2) is 0 Å². The van der Waals surface area contributed by atoms with Crippen molar-refractivity contribution in [3.63, 3.8) is 0 Å². The number of halogens is 2. The Morgan fingerprint density at radius 2 is 2.05 bits per heavy atom. The molecule has 2 atom stereocenters. The smallest absolute Gasteiger partial charge is 0.387 e. The van der Waals surface area contributed by atoms with Gasteiger partial charge in [0.05, 0.1) is 0 Å². The summed E-state index contributed by atoms with van der Waals surface area (Å²) in [5.74, 6) is 0.920. The molecule has 118 valence electrons. The molecule has 1 aliphatic rings. The number of alkyl halides is 2. The quantitative estimate of drug-likeness (QED) is 0.874. The second-order valence-corrected chi connectivity index (χ2v) is 5.61. The van der Waals surface area contributed by atoms with Crippen LogP contribution in [0.2, 0.25) is 0 Å². The van der Waals surface area contributed by atoms with E-state index in [-0.39, 0.29) is 11.8 Å². The lowest BCUT2D eigenvalue weighted by atomic mass is 9.93. The van der Waals surface area contributed by atoms with Crippen molar-refractivity contribution in [1.82, 2.24) is 4.90 Å². The first-order chi connectivity index (χ1) is 10.1. The van der Waals surface area contributed by atoms with E-state index in [1.165, 1.54) is 19.3 Å². The molecular weight excluding hydrogens is 274 g/mol. The lowest BCUT2D eigenvalue weighted by molar-refractivity contribution is -0.0498. The average Bonchev–Trinajstić information content (AvgIpc) is 2.49. The number of ether oxygens (including phenoxy) is 1. The number of benzene rings is 1. The van der Waals surface area contributed by atoms with Gasteiger partial charge in [-0.3, -0.25) is 4.90 Å². The van der Waals surface area contributed by atoms with Crippen LogP contribution >= 0.6 is 0 Å². The van der Waals surface area contributed by atoms with Crippen LogP contribution in [0.15, 0.2) is 24.3 Å². The topological polar surface area (TPSA) is 38.5 Å². The summed E-state index contributed by atoms with van der Waals surface area (Å²) in [6.07, 6.45) is 3.67. The maximum atomic E-state index is 12.2. The molecule has 3 nitrogen and oxygen atoms in total. The fourth-order valence-electron chi connectivity index (χ4n) is 3.08. The van der Waals surface area contributed by atoms with Gasteiger partial charge in [0, 0.05) is 19.1 Å². The summed E-state index contributed by atoms with van der Waals surface area (Å²) >= 11 is 0. The third kappa shape index (κ3) is 4.38. The number of piperidine rings is 1. The Labute approximate surface area is 125 Å². The van der Waals surface area contributed by atoms with Crippen LogP contribution in [0.1, 0.15) is 37.8 Å². The van der Waals surface area contributed by atoms with Gasteiger partial charge in [0.2, 0.25) is 0 Å². The first-order valence-electron chi connectivity index (χ1n) is 7.63. The highest BCUT2D eigenvalue weighted by Gasteiger charge is 2.25. The summed E-state index contributed by atoms with van der Waals surface area (Å²) in [7, 11) is 0. The summed E-state index contributed by atoms with van der Waals surface area (Å²) < 4.78 is 28.7. The molecule has 1 saturated heterocycles. The van der Waals surface area contributed by atoms with Crippen molar-refractivity contribution in [3.05, 3.63) is 29.8 Å². The second-order valence-electron chi connectivity index (χ2n) is 5.61. The molecule has 2 N–H and O–H groups in total. The number of hydrogen-bond acceptors (Lipinski definition) is 3. The summed E-state index contributed by atoms with van der Waals surface area (Å²) in [5.41, 5.74) is 7.01. The Morgan fingerprint density at radius 3 is 2.62 bits per heavy atom. The average molecular weight is 298 g/mol. The van der Waals surface area contributed by atoms with Crippen LogP contribution in [0.4, 0.5) is 8.78 Å². The molecule has 0 aromatic heterocycles. The van der Waals surface area contributed by atoms with E-state index in [2.05, 4.69) is 16.6 Å². The molecule has 2 rings (SSSR count). The molecule has 0 amide bonds. The zero-order valence-electron chi connectivity index (χ0n) is 12.5. The molecule has 21 heavy (non-hydrogen) atoms. The molecule has 0 saturated carbocycles. The van der Waals surface area contributed by atoms with Crippen molar-refractivity contribution in [2.24, 2.45) is 11.7 Å². The molecule has 1 fully saturated rings. The van der Waals surface area contributed by atoms with Gasteiger partial charge in [0.25, 0.3) is 0 Å². The maximum Gasteiger partial charge on any atom is 0.387 e. The second kappa shape index (κ2) is 7.71. The van der Waals surface area contributed by atoms with Crippen molar-refractivity contribution >= 4 is 0 Å². The highest BCUT2D eigenvalue weighted by Crippen LogP contribution is 2.28. The minimum Gasteiger partial charge on any atom is -0.435 e. The largest absolute Gasteiger partial charge is 0.435 e. The molecular formula is C16H24F2N2O. The van der Waals surface area contributed by atoms with E-state index in [0.29, 0.717) is 6.54 Å². The zero-order valence-corrected chi connectivity index (χ0v) is 12.5. The fourth-order valence-corrected chi connectivity index (χ4v) is 3.08. The minimum absolute atomic E-state index is 0.153. The van der Waals surface area contributed by atoms with Crippen molar-refractivity contribution in [3.8, 4) is 5.75 Å². The Morgan fingerprint density at radius 1 is 1.33 bits per heavy atom. The Kier molecular flexibility index (Phi) is 5.94. The van der Waals surface area contributed by atoms with Gasteiger partial charge < -0.3 is 10.5 Å². The maximum absolute atomic E-state index is 12.2. The van der Waals surface area contributed by atoms with Gasteiger partial charge >= 0.3 is 6.61 Å². The van der Waals surface area contributed by atoms with Crippen LogP contribution < -0.4 is 10.5 Å². The lowest BCUT2D eigenvalue weighted by Gasteiger charge is -2.38. The van der Waals surface area contributed by atoms with Gasteiger partial charge in [-0.15, -0.1) is 0 Å². The van der Waals surface area contributed by atoms with Crippen molar-refractivity contribution in [2.45, 2.75) is 38.8 Å². The summed E-state index contributed by atoms with van der Waals surface area (Å²) in [6, 6.07) is 7.01. The first kappa shape index (κ1) is 16.2. The van der Waals surface area contributed by atoms with Gasteiger partial charge in [-0.05, 0) is 43.0 Å². The van der Waals surface area contributed by atoms with E-state index >= 15 is 0 Å². The number of nitrogens with two attached hydrogens (primary N) is 1. The molecule has 1 aliphatic heterocycles. The lowest BCUT2D eigenvalue weighted by Crippen LogP contribution is -2.40. The van der Waals surface area contributed by atoms with Crippen molar-refractivity contribution in [2.75, 3.05) is 19.6 Å². The predicted octanol–water partition coefficient (Wildman–Crippen LogP) is 3.41. The van der Waals surface area contributed by atoms with E-state index in [1.807, 2.05) is 12.1 Å². The Balaban J connectivity index is 2.06. The summed E-state index contributed by atoms with van der Waals surface area (Å²) in [6.45, 7) is 2.09. The van der Waals surface area contributed by atoms with Crippen LogP contribution in [0.3, 0.4) is 0 Å². The molecule has 1 aromatic carbocycles. The number of nitrogens with zero attached hydrogens (tertiary/aromatic N) is 1. The normalized spacial score (nSPS) is 21.5. The summed E-state index contributed by atoms with van der Waals surface area (Å²) in [4.78, 5) is 2.42. The Bertz CT molecular complexity index is 425. The Hall–Kier alpha value is -1.20. The van der Waals surface area contributed by atoms with Gasteiger partial charge in [-0.1, -0.05) is 25.5 Å². The molecule has 0 radical (unpaired) electrons. The standard InChI is InChI=1S/C16H24F2N2O/c1-2-12-4-3-9-20(11-12)15(10-19)13-5-7-14(8-6-13)21-16(17)18/h5-8,12,15-16H,2-4,9-11,19H2,1H3. The molecule has 0 spiro atoms. The van der Waals surface area contributed by atoms with Crippen LogP contribution in [0, 0.1) is 5.92 Å². The van der Waals surface area contributed by atoms with Crippen molar-refractivity contribution in [1.29, 1.82) is 0 Å². The van der Waals surface area contributed by atoms with Gasteiger partial charge in [-0.2, -0.15) is 8.78 Å². The van der Waals surface area contributed by atoms with Gasteiger partial charge in [-0.25, -0.2) is 0 Å². The number of hydrogen-bond donors (Lipinski definition) is 1. The van der Waals surface area contributed by atoms with Crippen molar-refractivity contribution < 1.29 is 13.5 Å². The molecule has 1 heterocycles. The van der Waals surface area contributed by atoms with E-state index in [9.17, 15) is 8.78 Å². The SMILES string of the molecule is CCC1CCCN(C(CN)c2ccc(OC(F)F)cc2)C1. The number of likely N-dealkylation sites (tertiary alicyclic amines) is 1. The predicted molar refractivity (Wildman–Crippen MR) is 79.5 cm³/mol. The molecule has 0 aliphatic carbocycles. The van der Waals surface area contributed by atoms with Crippen LogP contribution in [-0.4, -0.2) is 31.1 Å². The minimum atomic E-state index is -2.78. The third-order valence-electron chi connectivity index (χ3n) is 4.28. The summed E-state index contributed by atoms with van der Waals surface area (Å²) in [5, 5.41) is 0. The molecule has 1 aromatic rings. The van der Waals surface area contributed by atoms with Crippen LogP contribution in [0.5, 0.6) is 5.75 Å². The van der Waals surface area contributed by atoms with Crippen LogP contribution in [-0.2, 0) is 0 Å². The molecule has 5 heteroatoms. The highest BCUT2D eigenvalue weighted by atomic mass is 19.3. The van der Waals surface area contributed by atoms with Crippen LogP contribution in [0.25, 0.3) is 0 Å². The fraction of sp³-hybridized carbons (Fsp3) is 0.625. The van der Waals surface area contributed by atoms with Gasteiger partial charge in [0.1, 0.15) is 5.75 Å². The molecule has 0 bridgehead atoms. The van der Waals surface area contributed by atoms with E-state index < -0.39 is 6.61 Å². The van der Waals surface area contributed by atoms with E-state index in [0.717, 1.165) is 24.6 Å². The van der Waals surface area contributed by atoms with E-state index in [1.54, 1.807) is 12.1 Å². The monoisotopic (exact) mass is 298 g/mol. The first-order valence-corrected chi connectivity index (χ1v) is 7.63. The van der Waals surface area contributed by atoms with E-state index in [4.69, 9.17) is 5.73 Å². The number of rotatable bonds is 6. The zero-order chi connectivity index (χ0) is 15.2. The highest BCUT2D eigenvalue weighted by molar-refractivity contribution is 5.29. The molecule has 2 unspecified atom stereocenters.